The molecule has 5 heteroatoms. The molecule has 0 saturated heterocycles. The van der Waals surface area contributed by atoms with Gasteiger partial charge in [0.15, 0.2) is 0 Å². The third kappa shape index (κ3) is 13.2. The molecule has 1 aromatic rings. The van der Waals surface area contributed by atoms with Gasteiger partial charge in [0.05, 0.1) is 24.3 Å². The van der Waals surface area contributed by atoms with Gasteiger partial charge in [-0.3, -0.25) is 0 Å². The van der Waals surface area contributed by atoms with Gasteiger partial charge in [0.2, 0.25) is 0 Å². The van der Waals surface area contributed by atoms with Crippen LogP contribution in [0, 0.1) is 5.92 Å². The lowest BCUT2D eigenvalue weighted by Crippen LogP contribution is -2.11. The first-order valence-corrected chi connectivity index (χ1v) is 12.0. The second-order valence-electron chi connectivity index (χ2n) is 8.35. The summed E-state index contributed by atoms with van der Waals surface area (Å²) in [6, 6.07) is 6.48. The van der Waals surface area contributed by atoms with E-state index in [9.17, 15) is 9.59 Å². The summed E-state index contributed by atoms with van der Waals surface area (Å²) in [4.78, 5) is 24.3. The Labute approximate surface area is 188 Å². The Balaban J connectivity index is 2.18. The normalized spacial score (nSPS) is 11.8. The molecule has 31 heavy (non-hydrogen) atoms. The molecule has 5 nitrogen and oxygen atoms in total. The highest BCUT2D eigenvalue weighted by atomic mass is 16.5. The van der Waals surface area contributed by atoms with E-state index in [2.05, 4.69) is 13.8 Å². The first-order valence-electron chi connectivity index (χ1n) is 12.0. The molecule has 0 aliphatic heterocycles. The van der Waals surface area contributed by atoms with E-state index in [4.69, 9.17) is 14.2 Å². The van der Waals surface area contributed by atoms with Crippen molar-refractivity contribution in [1.82, 2.24) is 0 Å². The molecule has 1 rings (SSSR count). The first-order chi connectivity index (χ1) is 15.1. The zero-order valence-electron chi connectivity index (χ0n) is 19.8. The largest absolute Gasteiger partial charge is 0.462 e. The van der Waals surface area contributed by atoms with E-state index in [0.29, 0.717) is 36.9 Å². The Bertz CT molecular complexity index is 596. The van der Waals surface area contributed by atoms with Gasteiger partial charge in [0.25, 0.3) is 0 Å². The molecule has 0 radical (unpaired) electrons. The van der Waals surface area contributed by atoms with E-state index in [-0.39, 0.29) is 11.9 Å². The first kappa shape index (κ1) is 27.2. The van der Waals surface area contributed by atoms with Crippen LogP contribution in [-0.4, -0.2) is 38.9 Å². The maximum atomic E-state index is 12.1. The molecule has 0 fully saturated rings. The fourth-order valence-electron chi connectivity index (χ4n) is 3.30. The van der Waals surface area contributed by atoms with Crippen molar-refractivity contribution in [3.05, 3.63) is 35.4 Å². The Morgan fingerprint density at radius 2 is 1.16 bits per heavy atom. The lowest BCUT2D eigenvalue weighted by Gasteiger charge is -2.11. The highest BCUT2D eigenvalue weighted by molar-refractivity contribution is 5.93. The van der Waals surface area contributed by atoms with Gasteiger partial charge in [-0.25, -0.2) is 9.59 Å². The van der Waals surface area contributed by atoms with Crippen LogP contribution in [0.3, 0.4) is 0 Å². The van der Waals surface area contributed by atoms with Gasteiger partial charge in [-0.15, -0.1) is 0 Å². The summed E-state index contributed by atoms with van der Waals surface area (Å²) in [7, 11) is 1.68. The maximum absolute atomic E-state index is 12.1. The highest BCUT2D eigenvalue weighted by Gasteiger charge is 2.11. The standard InChI is InChI=1S/C26H42O5/c1-4-5-6-7-8-9-10-11-12-19-30-25(27)23-13-15-24(16-14-23)26(28)31-21-18-22(2)17-20-29-3/h13-16,22H,4-12,17-21H2,1-3H3. The van der Waals surface area contributed by atoms with Crippen LogP contribution in [0.25, 0.3) is 0 Å². The van der Waals surface area contributed by atoms with Gasteiger partial charge < -0.3 is 14.2 Å². The minimum Gasteiger partial charge on any atom is -0.462 e. The lowest BCUT2D eigenvalue weighted by atomic mass is 10.1. The number of hydrogen-bond donors (Lipinski definition) is 0. The number of esters is 2. The second kappa shape index (κ2) is 17.8. The van der Waals surface area contributed by atoms with Gasteiger partial charge in [0, 0.05) is 13.7 Å². The molecule has 1 aromatic carbocycles. The molecule has 1 atom stereocenters. The van der Waals surface area contributed by atoms with Crippen LogP contribution in [0.15, 0.2) is 24.3 Å². The van der Waals surface area contributed by atoms with Crippen molar-refractivity contribution in [2.45, 2.75) is 84.5 Å². The van der Waals surface area contributed by atoms with Crippen LogP contribution in [0.5, 0.6) is 0 Å². The van der Waals surface area contributed by atoms with Crippen LogP contribution >= 0.6 is 0 Å². The van der Waals surface area contributed by atoms with Gasteiger partial charge in [-0.1, -0.05) is 65.2 Å². The Morgan fingerprint density at radius 3 is 1.68 bits per heavy atom. The summed E-state index contributed by atoms with van der Waals surface area (Å²) in [6.07, 6.45) is 12.8. The van der Waals surface area contributed by atoms with E-state index in [0.717, 1.165) is 25.7 Å². The average Bonchev–Trinajstić information content (AvgIpc) is 2.78. The molecule has 1 unspecified atom stereocenters. The second-order valence-corrected chi connectivity index (χ2v) is 8.35. The smallest absolute Gasteiger partial charge is 0.338 e. The third-order valence-corrected chi connectivity index (χ3v) is 5.50. The fourth-order valence-corrected chi connectivity index (χ4v) is 3.30. The minimum absolute atomic E-state index is 0.341. The Kier molecular flexibility index (Phi) is 15.6. The van der Waals surface area contributed by atoms with Crippen molar-refractivity contribution in [2.75, 3.05) is 26.9 Å². The molecule has 0 amide bonds. The lowest BCUT2D eigenvalue weighted by molar-refractivity contribution is 0.0471. The number of hydrogen-bond acceptors (Lipinski definition) is 5. The molecular formula is C26H42O5. The quantitative estimate of drug-likeness (QED) is 0.192. The molecule has 0 spiro atoms. The zero-order chi connectivity index (χ0) is 22.7. The predicted molar refractivity (Wildman–Crippen MR) is 125 cm³/mol. The molecule has 0 saturated carbocycles. The van der Waals surface area contributed by atoms with Gasteiger partial charge in [-0.2, -0.15) is 0 Å². The number of rotatable bonds is 18. The van der Waals surface area contributed by atoms with Crippen molar-refractivity contribution < 1.29 is 23.8 Å². The molecule has 0 aliphatic carbocycles. The van der Waals surface area contributed by atoms with Crippen LogP contribution in [0.2, 0.25) is 0 Å². The van der Waals surface area contributed by atoms with Crippen molar-refractivity contribution in [2.24, 2.45) is 5.92 Å². The topological polar surface area (TPSA) is 61.8 Å². The predicted octanol–water partition coefficient (Wildman–Crippen LogP) is 6.59. The molecule has 0 heterocycles. The van der Waals surface area contributed by atoms with E-state index >= 15 is 0 Å². The maximum Gasteiger partial charge on any atom is 0.338 e. The minimum atomic E-state index is -0.367. The van der Waals surface area contributed by atoms with Crippen molar-refractivity contribution >= 4 is 11.9 Å². The monoisotopic (exact) mass is 434 g/mol. The van der Waals surface area contributed by atoms with Crippen LogP contribution < -0.4 is 0 Å². The third-order valence-electron chi connectivity index (χ3n) is 5.50. The summed E-state index contributed by atoms with van der Waals surface area (Å²) < 4.78 is 15.7. The Morgan fingerprint density at radius 1 is 0.710 bits per heavy atom. The fraction of sp³-hybridized carbons (Fsp3) is 0.692. The van der Waals surface area contributed by atoms with Crippen molar-refractivity contribution in [1.29, 1.82) is 0 Å². The zero-order valence-corrected chi connectivity index (χ0v) is 19.8. The van der Waals surface area contributed by atoms with Crippen LogP contribution in [0.4, 0.5) is 0 Å². The summed E-state index contributed by atoms with van der Waals surface area (Å²) in [6.45, 7) is 5.89. The Hall–Kier alpha value is -1.88. The summed E-state index contributed by atoms with van der Waals surface area (Å²) in [5.41, 5.74) is 0.903. The molecule has 0 bridgehead atoms. The molecule has 0 aliphatic rings. The molecule has 176 valence electrons. The van der Waals surface area contributed by atoms with E-state index in [1.807, 2.05) is 0 Å². The van der Waals surface area contributed by atoms with Gasteiger partial charge in [-0.05, 0) is 49.4 Å². The van der Waals surface area contributed by atoms with Crippen LogP contribution in [0.1, 0.15) is 105 Å². The van der Waals surface area contributed by atoms with E-state index in [1.165, 1.54) is 44.9 Å². The van der Waals surface area contributed by atoms with Crippen molar-refractivity contribution in [3.8, 4) is 0 Å². The van der Waals surface area contributed by atoms with E-state index in [1.54, 1.807) is 31.4 Å². The number of carbonyl (C=O) groups is 2. The SMILES string of the molecule is CCCCCCCCCCCOC(=O)c1ccc(C(=O)OCCC(C)CCOC)cc1. The summed E-state index contributed by atoms with van der Waals surface area (Å²) in [5, 5.41) is 0. The molecule has 0 aromatic heterocycles. The number of ether oxygens (including phenoxy) is 3. The number of methoxy groups -OCH3 is 1. The van der Waals surface area contributed by atoms with Gasteiger partial charge in [0.1, 0.15) is 0 Å². The van der Waals surface area contributed by atoms with Crippen molar-refractivity contribution in [3.63, 3.8) is 0 Å². The number of unbranched alkanes of at least 4 members (excludes halogenated alkanes) is 8. The highest BCUT2D eigenvalue weighted by Crippen LogP contribution is 2.12. The van der Waals surface area contributed by atoms with Gasteiger partial charge >= 0.3 is 11.9 Å². The average molecular weight is 435 g/mol. The van der Waals surface area contributed by atoms with Crippen LogP contribution in [-0.2, 0) is 14.2 Å². The summed E-state index contributed by atoms with van der Waals surface area (Å²) >= 11 is 0. The number of carbonyl (C=O) groups excluding carboxylic acids is 2. The summed E-state index contributed by atoms with van der Waals surface area (Å²) in [5.74, 6) is -0.268. The number of benzene rings is 1. The van der Waals surface area contributed by atoms with E-state index < -0.39 is 0 Å². The molecular weight excluding hydrogens is 392 g/mol. The molecule has 0 N–H and O–H groups in total.